The van der Waals surface area contributed by atoms with E-state index in [1.165, 1.54) is 0 Å². The summed E-state index contributed by atoms with van der Waals surface area (Å²) in [7, 11) is 0. The zero-order valence-corrected chi connectivity index (χ0v) is 11.0. The number of fused-ring (bicyclic) bond motifs is 1. The van der Waals surface area contributed by atoms with Gasteiger partial charge in [-0.2, -0.15) is 0 Å². The summed E-state index contributed by atoms with van der Waals surface area (Å²) in [5, 5.41) is 0. The Morgan fingerprint density at radius 2 is 1.89 bits per heavy atom. The van der Waals surface area contributed by atoms with Crippen molar-refractivity contribution in [2.45, 2.75) is 19.9 Å². The predicted molar refractivity (Wildman–Crippen MR) is 77.8 cm³/mol. The molecule has 0 fully saturated rings. The lowest BCUT2D eigenvalue weighted by Crippen LogP contribution is -2.03. The maximum absolute atomic E-state index is 5.64. The van der Waals surface area contributed by atoms with E-state index in [2.05, 4.69) is 29.5 Å². The topological polar surface area (TPSA) is 56.7 Å². The number of benzene rings is 1. The molecule has 2 N–H and O–H groups in total. The van der Waals surface area contributed by atoms with E-state index in [0.717, 1.165) is 22.4 Å². The third-order valence-electron chi connectivity index (χ3n) is 3.16. The van der Waals surface area contributed by atoms with Gasteiger partial charge in [-0.05, 0) is 38.1 Å². The molecule has 0 saturated carbocycles. The molecule has 0 aliphatic carbocycles. The fraction of sp³-hybridized carbons (Fsp3) is 0.200. The van der Waals surface area contributed by atoms with Crippen molar-refractivity contribution in [2.24, 2.45) is 0 Å². The molecule has 0 aliphatic rings. The second kappa shape index (κ2) is 4.39. The quantitative estimate of drug-likeness (QED) is 0.761. The average Bonchev–Trinajstić information content (AvgIpc) is 2.78. The fourth-order valence-electron chi connectivity index (χ4n) is 2.31. The van der Waals surface area contributed by atoms with Gasteiger partial charge in [-0.3, -0.25) is 0 Å². The van der Waals surface area contributed by atoms with Crippen LogP contribution in [-0.4, -0.2) is 14.5 Å². The molecule has 0 bridgehead atoms. The first-order valence-corrected chi connectivity index (χ1v) is 6.35. The first-order valence-electron chi connectivity index (χ1n) is 6.35. The SMILES string of the molecule is CC(C)n1c(-c2ccc(N)nc2)nc2ccccc21. The monoisotopic (exact) mass is 252 g/mol. The van der Waals surface area contributed by atoms with Gasteiger partial charge < -0.3 is 10.3 Å². The summed E-state index contributed by atoms with van der Waals surface area (Å²) in [5.74, 6) is 1.46. The third kappa shape index (κ3) is 1.95. The number of hydrogen-bond donors (Lipinski definition) is 1. The lowest BCUT2D eigenvalue weighted by Gasteiger charge is -2.12. The van der Waals surface area contributed by atoms with E-state index < -0.39 is 0 Å². The van der Waals surface area contributed by atoms with Crippen LogP contribution in [-0.2, 0) is 0 Å². The van der Waals surface area contributed by atoms with Crippen LogP contribution in [0, 0.1) is 0 Å². The van der Waals surface area contributed by atoms with Crippen LogP contribution < -0.4 is 5.73 Å². The molecule has 4 heteroatoms. The summed E-state index contributed by atoms with van der Waals surface area (Å²) in [6.07, 6.45) is 1.77. The van der Waals surface area contributed by atoms with Crippen molar-refractivity contribution < 1.29 is 0 Å². The van der Waals surface area contributed by atoms with E-state index in [-0.39, 0.29) is 0 Å². The van der Waals surface area contributed by atoms with Crippen molar-refractivity contribution in [1.82, 2.24) is 14.5 Å². The fourth-order valence-corrected chi connectivity index (χ4v) is 2.31. The molecular formula is C15H16N4. The number of rotatable bonds is 2. The molecule has 1 aromatic carbocycles. The second-order valence-electron chi connectivity index (χ2n) is 4.86. The van der Waals surface area contributed by atoms with Gasteiger partial charge in [0, 0.05) is 17.8 Å². The zero-order chi connectivity index (χ0) is 13.4. The highest BCUT2D eigenvalue weighted by Crippen LogP contribution is 2.27. The molecule has 0 radical (unpaired) electrons. The maximum Gasteiger partial charge on any atom is 0.142 e. The van der Waals surface area contributed by atoms with Crippen molar-refractivity contribution in [1.29, 1.82) is 0 Å². The third-order valence-corrected chi connectivity index (χ3v) is 3.16. The molecule has 96 valence electrons. The highest BCUT2D eigenvalue weighted by atomic mass is 15.1. The van der Waals surface area contributed by atoms with Crippen molar-refractivity contribution in [3.63, 3.8) is 0 Å². The van der Waals surface area contributed by atoms with Gasteiger partial charge in [0.15, 0.2) is 0 Å². The zero-order valence-electron chi connectivity index (χ0n) is 11.0. The minimum Gasteiger partial charge on any atom is -0.384 e. The normalized spacial score (nSPS) is 11.3. The van der Waals surface area contributed by atoms with Gasteiger partial charge in [-0.15, -0.1) is 0 Å². The van der Waals surface area contributed by atoms with Gasteiger partial charge in [0.05, 0.1) is 11.0 Å². The molecule has 3 aromatic rings. The molecule has 19 heavy (non-hydrogen) atoms. The Morgan fingerprint density at radius 1 is 1.11 bits per heavy atom. The molecule has 0 amide bonds. The highest BCUT2D eigenvalue weighted by Gasteiger charge is 2.14. The molecule has 2 aromatic heterocycles. The summed E-state index contributed by atoms with van der Waals surface area (Å²) in [4.78, 5) is 8.87. The van der Waals surface area contributed by atoms with Crippen LogP contribution >= 0.6 is 0 Å². The maximum atomic E-state index is 5.64. The smallest absolute Gasteiger partial charge is 0.142 e. The summed E-state index contributed by atoms with van der Waals surface area (Å²) in [6.45, 7) is 4.31. The number of aromatic nitrogens is 3. The van der Waals surface area contributed by atoms with Crippen molar-refractivity contribution in [3.8, 4) is 11.4 Å². The van der Waals surface area contributed by atoms with Crippen LogP contribution in [0.15, 0.2) is 42.6 Å². The van der Waals surface area contributed by atoms with E-state index >= 15 is 0 Å². The Balaban J connectivity index is 2.28. The van der Waals surface area contributed by atoms with Crippen LogP contribution in [0.25, 0.3) is 22.4 Å². The van der Waals surface area contributed by atoms with Crippen LogP contribution in [0.2, 0.25) is 0 Å². The van der Waals surface area contributed by atoms with E-state index in [1.807, 2.05) is 24.3 Å². The van der Waals surface area contributed by atoms with E-state index in [9.17, 15) is 0 Å². The average molecular weight is 252 g/mol. The van der Waals surface area contributed by atoms with E-state index in [4.69, 9.17) is 10.7 Å². The van der Waals surface area contributed by atoms with Gasteiger partial charge in [-0.25, -0.2) is 9.97 Å². The van der Waals surface area contributed by atoms with Gasteiger partial charge in [0.1, 0.15) is 11.6 Å². The Labute approximate surface area is 111 Å². The van der Waals surface area contributed by atoms with Crippen molar-refractivity contribution >= 4 is 16.9 Å². The lowest BCUT2D eigenvalue weighted by atomic mass is 10.2. The molecule has 0 aliphatic heterocycles. The summed E-state index contributed by atoms with van der Waals surface area (Å²) in [6, 6.07) is 12.3. The van der Waals surface area contributed by atoms with Crippen molar-refractivity contribution in [3.05, 3.63) is 42.6 Å². The number of nitrogens with two attached hydrogens (primary N) is 1. The van der Waals surface area contributed by atoms with Crippen LogP contribution in [0.1, 0.15) is 19.9 Å². The summed E-state index contributed by atoms with van der Waals surface area (Å²) in [5.41, 5.74) is 8.77. The Hall–Kier alpha value is -2.36. The highest BCUT2D eigenvalue weighted by molar-refractivity contribution is 5.80. The number of pyridine rings is 1. The molecule has 4 nitrogen and oxygen atoms in total. The van der Waals surface area contributed by atoms with Crippen LogP contribution in [0.5, 0.6) is 0 Å². The Bertz CT molecular complexity index is 711. The van der Waals surface area contributed by atoms with Crippen molar-refractivity contribution in [2.75, 3.05) is 5.73 Å². The van der Waals surface area contributed by atoms with Crippen LogP contribution in [0.3, 0.4) is 0 Å². The first kappa shape index (κ1) is 11.7. The molecule has 3 rings (SSSR count). The van der Waals surface area contributed by atoms with Gasteiger partial charge in [0.2, 0.25) is 0 Å². The molecule has 0 saturated heterocycles. The molecule has 2 heterocycles. The molecule has 0 atom stereocenters. The number of nitrogens with zero attached hydrogens (tertiary/aromatic N) is 3. The largest absolute Gasteiger partial charge is 0.384 e. The molecule has 0 unspecified atom stereocenters. The predicted octanol–water partition coefficient (Wildman–Crippen LogP) is 3.26. The van der Waals surface area contributed by atoms with Gasteiger partial charge >= 0.3 is 0 Å². The van der Waals surface area contributed by atoms with E-state index in [0.29, 0.717) is 11.9 Å². The molecular weight excluding hydrogens is 236 g/mol. The lowest BCUT2D eigenvalue weighted by molar-refractivity contribution is 0.624. The number of anilines is 1. The number of para-hydroxylation sites is 2. The number of imidazole rings is 1. The number of hydrogen-bond acceptors (Lipinski definition) is 3. The summed E-state index contributed by atoms with van der Waals surface area (Å²) < 4.78 is 2.22. The number of nitrogen functional groups attached to an aromatic ring is 1. The molecule has 0 spiro atoms. The van der Waals surface area contributed by atoms with Gasteiger partial charge in [0.25, 0.3) is 0 Å². The van der Waals surface area contributed by atoms with Gasteiger partial charge in [-0.1, -0.05) is 12.1 Å². The second-order valence-corrected chi connectivity index (χ2v) is 4.86. The minimum absolute atomic E-state index is 0.333. The van der Waals surface area contributed by atoms with Crippen LogP contribution in [0.4, 0.5) is 5.82 Å². The standard InChI is InChI=1S/C15H16N4/c1-10(2)19-13-6-4-3-5-12(13)18-15(19)11-7-8-14(16)17-9-11/h3-10H,1-2H3,(H2,16,17). The van der Waals surface area contributed by atoms with E-state index in [1.54, 1.807) is 12.3 Å². The Kier molecular flexibility index (Phi) is 2.71. The first-order chi connectivity index (χ1) is 9.16. The minimum atomic E-state index is 0.333. The summed E-state index contributed by atoms with van der Waals surface area (Å²) >= 11 is 0. The Morgan fingerprint density at radius 3 is 2.58 bits per heavy atom.